The van der Waals surface area contributed by atoms with Crippen molar-refractivity contribution >= 4 is 11.7 Å². The number of likely N-dealkylation sites (tertiary alicyclic amines) is 1. The number of amides is 1. The molecule has 1 spiro atoms. The summed E-state index contributed by atoms with van der Waals surface area (Å²) in [5, 5.41) is 4.02. The molecule has 0 N–H and O–H groups in total. The Kier molecular flexibility index (Phi) is 4.17. The highest BCUT2D eigenvalue weighted by molar-refractivity contribution is 5.96. The van der Waals surface area contributed by atoms with Crippen LogP contribution in [0.2, 0.25) is 0 Å². The molecule has 2 aliphatic rings. The van der Waals surface area contributed by atoms with Gasteiger partial charge < -0.3 is 14.3 Å². The van der Waals surface area contributed by atoms with Crippen molar-refractivity contribution in [3.05, 3.63) is 35.6 Å². The minimum Gasteiger partial charge on any atom is -0.361 e. The SMILES string of the molecule is CCc1noc(C)c1C(=O)N1CCC2(CC(N(C)c3ccncn3)C2)C1. The lowest BCUT2D eigenvalue weighted by Crippen LogP contribution is -2.51. The summed E-state index contributed by atoms with van der Waals surface area (Å²) in [6, 6.07) is 2.42. The van der Waals surface area contributed by atoms with Gasteiger partial charge in [-0.25, -0.2) is 9.97 Å². The van der Waals surface area contributed by atoms with Crippen LogP contribution in [0.1, 0.15) is 48.0 Å². The van der Waals surface area contributed by atoms with Crippen LogP contribution in [0.3, 0.4) is 0 Å². The summed E-state index contributed by atoms with van der Waals surface area (Å²) < 4.78 is 5.24. The Hall–Kier alpha value is -2.44. The summed E-state index contributed by atoms with van der Waals surface area (Å²) in [4.78, 5) is 25.5. The quantitative estimate of drug-likeness (QED) is 0.839. The van der Waals surface area contributed by atoms with E-state index in [1.807, 2.05) is 24.8 Å². The van der Waals surface area contributed by atoms with Gasteiger partial charge in [-0.05, 0) is 44.1 Å². The second-order valence-electron chi connectivity index (χ2n) is 7.63. The number of carbonyl (C=O) groups is 1. The highest BCUT2D eigenvalue weighted by atomic mass is 16.5. The van der Waals surface area contributed by atoms with Gasteiger partial charge in [0.15, 0.2) is 0 Å². The van der Waals surface area contributed by atoms with E-state index in [0.717, 1.165) is 43.9 Å². The summed E-state index contributed by atoms with van der Waals surface area (Å²) in [6.07, 6.45) is 7.33. The van der Waals surface area contributed by atoms with Gasteiger partial charge >= 0.3 is 0 Å². The van der Waals surface area contributed by atoms with Crippen molar-refractivity contribution < 1.29 is 9.32 Å². The third-order valence-electron chi connectivity index (χ3n) is 6.02. The van der Waals surface area contributed by atoms with E-state index in [0.29, 0.717) is 23.8 Å². The maximum Gasteiger partial charge on any atom is 0.259 e. The number of anilines is 1. The fourth-order valence-corrected chi connectivity index (χ4v) is 4.43. The molecule has 1 saturated heterocycles. The zero-order chi connectivity index (χ0) is 18.3. The van der Waals surface area contributed by atoms with E-state index in [4.69, 9.17) is 4.52 Å². The Morgan fingerprint density at radius 2 is 2.27 bits per heavy atom. The number of nitrogens with zero attached hydrogens (tertiary/aromatic N) is 5. The van der Waals surface area contributed by atoms with E-state index in [1.165, 1.54) is 0 Å². The summed E-state index contributed by atoms with van der Waals surface area (Å²) in [6.45, 7) is 5.46. The van der Waals surface area contributed by atoms with Gasteiger partial charge in [-0.3, -0.25) is 4.79 Å². The molecule has 7 nitrogen and oxygen atoms in total. The smallest absolute Gasteiger partial charge is 0.259 e. The normalized spacial score (nSPS) is 24.7. The molecular formula is C19H25N5O2. The highest BCUT2D eigenvalue weighted by Gasteiger charge is 2.51. The summed E-state index contributed by atoms with van der Waals surface area (Å²) in [5.41, 5.74) is 1.68. The van der Waals surface area contributed by atoms with Crippen LogP contribution in [0.15, 0.2) is 23.1 Å². The lowest BCUT2D eigenvalue weighted by atomic mass is 9.64. The van der Waals surface area contributed by atoms with Gasteiger partial charge in [0.05, 0.1) is 5.69 Å². The van der Waals surface area contributed by atoms with Gasteiger partial charge in [-0.15, -0.1) is 0 Å². The first-order valence-electron chi connectivity index (χ1n) is 9.26. The Balaban J connectivity index is 1.40. The van der Waals surface area contributed by atoms with Crippen molar-refractivity contribution in [2.24, 2.45) is 5.41 Å². The van der Waals surface area contributed by atoms with Crippen molar-refractivity contribution in [3.8, 4) is 0 Å². The van der Waals surface area contributed by atoms with Gasteiger partial charge in [-0.1, -0.05) is 12.1 Å². The molecule has 2 fully saturated rings. The van der Waals surface area contributed by atoms with Crippen molar-refractivity contribution in [2.75, 3.05) is 25.0 Å². The highest BCUT2D eigenvalue weighted by Crippen LogP contribution is 2.50. The maximum absolute atomic E-state index is 13.0. The molecule has 0 aromatic carbocycles. The van der Waals surface area contributed by atoms with Crippen LogP contribution < -0.4 is 4.90 Å². The average Bonchev–Trinajstić information content (AvgIpc) is 3.24. The second-order valence-corrected chi connectivity index (χ2v) is 7.63. The molecule has 0 bridgehead atoms. The lowest BCUT2D eigenvalue weighted by molar-refractivity contribution is 0.0696. The Labute approximate surface area is 153 Å². The van der Waals surface area contributed by atoms with Crippen LogP contribution in [-0.2, 0) is 6.42 Å². The van der Waals surface area contributed by atoms with Crippen LogP contribution in [0, 0.1) is 12.3 Å². The van der Waals surface area contributed by atoms with Gasteiger partial charge in [0.25, 0.3) is 5.91 Å². The van der Waals surface area contributed by atoms with E-state index in [-0.39, 0.29) is 11.3 Å². The Morgan fingerprint density at radius 3 is 2.96 bits per heavy atom. The molecule has 1 amide bonds. The second kappa shape index (κ2) is 6.37. The molecule has 1 aliphatic heterocycles. The topological polar surface area (TPSA) is 75.4 Å². The first-order valence-corrected chi connectivity index (χ1v) is 9.26. The number of rotatable bonds is 4. The fraction of sp³-hybridized carbons (Fsp3) is 0.579. The van der Waals surface area contributed by atoms with Crippen LogP contribution in [0.4, 0.5) is 5.82 Å². The third kappa shape index (κ3) is 2.75. The molecule has 0 radical (unpaired) electrons. The van der Waals surface area contributed by atoms with Crippen molar-refractivity contribution in [1.82, 2.24) is 20.0 Å². The van der Waals surface area contributed by atoms with Gasteiger partial charge in [0, 0.05) is 32.4 Å². The largest absolute Gasteiger partial charge is 0.361 e. The number of hydrogen-bond donors (Lipinski definition) is 0. The molecule has 7 heteroatoms. The van der Waals surface area contributed by atoms with Gasteiger partial charge in [-0.2, -0.15) is 0 Å². The van der Waals surface area contributed by atoms with Crippen LogP contribution in [0.25, 0.3) is 0 Å². The van der Waals surface area contributed by atoms with Gasteiger partial charge in [0.2, 0.25) is 0 Å². The van der Waals surface area contributed by atoms with E-state index < -0.39 is 0 Å². The average molecular weight is 355 g/mol. The molecule has 0 unspecified atom stereocenters. The van der Waals surface area contributed by atoms with Crippen LogP contribution >= 0.6 is 0 Å². The third-order valence-corrected chi connectivity index (χ3v) is 6.02. The Bertz CT molecular complexity index is 798. The summed E-state index contributed by atoms with van der Waals surface area (Å²) in [5.74, 6) is 1.66. The molecule has 0 atom stereocenters. The van der Waals surface area contributed by atoms with Crippen molar-refractivity contribution in [3.63, 3.8) is 0 Å². The summed E-state index contributed by atoms with van der Waals surface area (Å²) >= 11 is 0. The fourth-order valence-electron chi connectivity index (χ4n) is 4.43. The lowest BCUT2D eigenvalue weighted by Gasteiger charge is -2.49. The molecule has 2 aromatic rings. The number of aryl methyl sites for hydroxylation is 2. The molecule has 138 valence electrons. The molecule has 4 rings (SSSR count). The summed E-state index contributed by atoms with van der Waals surface area (Å²) in [7, 11) is 2.09. The molecule has 26 heavy (non-hydrogen) atoms. The molecule has 1 saturated carbocycles. The Morgan fingerprint density at radius 1 is 1.46 bits per heavy atom. The zero-order valence-electron chi connectivity index (χ0n) is 15.6. The maximum atomic E-state index is 13.0. The first kappa shape index (κ1) is 17.0. The van der Waals surface area contributed by atoms with Crippen molar-refractivity contribution in [2.45, 2.75) is 45.6 Å². The standard InChI is InChI=1S/C19H25N5O2/c1-4-15-17(13(2)26-22-15)18(25)24-8-6-19(11-24)9-14(10-19)23(3)16-5-7-20-12-21-16/h5,7,12,14H,4,6,8-11H2,1-3H3. The van der Waals surface area contributed by atoms with Gasteiger partial charge in [0.1, 0.15) is 23.5 Å². The monoisotopic (exact) mass is 355 g/mol. The number of aromatic nitrogens is 3. The van der Waals surface area contributed by atoms with E-state index in [2.05, 4.69) is 27.1 Å². The van der Waals surface area contributed by atoms with E-state index >= 15 is 0 Å². The predicted molar refractivity (Wildman–Crippen MR) is 97.0 cm³/mol. The first-order chi connectivity index (χ1) is 12.5. The molecule has 2 aromatic heterocycles. The van der Waals surface area contributed by atoms with E-state index in [1.54, 1.807) is 12.5 Å². The molecule has 1 aliphatic carbocycles. The zero-order valence-corrected chi connectivity index (χ0v) is 15.6. The minimum absolute atomic E-state index is 0.0741. The van der Waals surface area contributed by atoms with Crippen molar-refractivity contribution in [1.29, 1.82) is 0 Å². The number of carbonyl (C=O) groups excluding carboxylic acids is 1. The molecule has 3 heterocycles. The van der Waals surface area contributed by atoms with Crippen LogP contribution in [0.5, 0.6) is 0 Å². The molecular weight excluding hydrogens is 330 g/mol. The van der Waals surface area contributed by atoms with E-state index in [9.17, 15) is 4.79 Å². The predicted octanol–water partition coefficient (Wildman–Crippen LogP) is 2.47. The van der Waals surface area contributed by atoms with Crippen LogP contribution in [-0.4, -0.2) is 52.1 Å². The minimum atomic E-state index is 0.0741. The number of hydrogen-bond acceptors (Lipinski definition) is 6.